The summed E-state index contributed by atoms with van der Waals surface area (Å²) in [5, 5.41) is 28.6. The maximum atomic E-state index is 9.54. The monoisotopic (exact) mass is 430 g/mol. The van der Waals surface area contributed by atoms with Crippen LogP contribution in [-0.2, 0) is 27.8 Å². The molecule has 0 rings (SSSR count). The summed E-state index contributed by atoms with van der Waals surface area (Å²) in [4.78, 5) is 0. The molecule has 0 amide bonds. The number of hydrogen-bond acceptors (Lipinski definition) is 9. The molecule has 0 aliphatic carbocycles. The highest BCUT2D eigenvalue weighted by Gasteiger charge is 2.20. The molecule has 0 radical (unpaired) electrons. The molecular formula is C18H39O9P. The Labute approximate surface area is 170 Å². The van der Waals surface area contributed by atoms with Crippen LogP contribution in [0, 0.1) is 0 Å². The first kappa shape index (κ1) is 28.1. The standard InChI is InChI=1S/C18H39O9P/c1-7-16(19)25-13(4)10-22-28(23-11-14(5)26-17(20)8-2)24-12-15(6)27-18(21)9-3/h13-21H,7-12H2,1-6H3. The molecule has 6 unspecified atom stereocenters. The number of ether oxygens (including phenoxy) is 3. The Bertz CT molecular complexity index is 312. The molecule has 0 aliphatic rings. The zero-order valence-electron chi connectivity index (χ0n) is 17.9. The predicted molar refractivity (Wildman–Crippen MR) is 105 cm³/mol. The Balaban J connectivity index is 4.51. The summed E-state index contributed by atoms with van der Waals surface area (Å²) in [5.74, 6) is 0. The summed E-state index contributed by atoms with van der Waals surface area (Å²) in [5.41, 5.74) is 0. The highest BCUT2D eigenvalue weighted by molar-refractivity contribution is 7.41. The maximum absolute atomic E-state index is 9.54. The van der Waals surface area contributed by atoms with Gasteiger partial charge in [0.05, 0.1) is 38.1 Å². The first-order chi connectivity index (χ1) is 13.2. The second kappa shape index (κ2) is 16.8. The van der Waals surface area contributed by atoms with E-state index in [0.717, 1.165) is 0 Å². The Hall–Kier alpha value is 0.0700. The van der Waals surface area contributed by atoms with Gasteiger partial charge in [0.2, 0.25) is 0 Å². The molecule has 9 nitrogen and oxygen atoms in total. The van der Waals surface area contributed by atoms with Crippen LogP contribution in [-0.4, -0.2) is 72.3 Å². The smallest absolute Gasteiger partial charge is 0.332 e. The molecule has 0 aromatic rings. The number of hydrogen-bond donors (Lipinski definition) is 3. The van der Waals surface area contributed by atoms with Crippen LogP contribution in [0.2, 0.25) is 0 Å². The summed E-state index contributed by atoms with van der Waals surface area (Å²) in [6, 6.07) is 0. The second-order valence-corrected chi connectivity index (χ2v) is 7.76. The van der Waals surface area contributed by atoms with Crippen molar-refractivity contribution >= 4 is 8.60 Å². The van der Waals surface area contributed by atoms with Gasteiger partial charge in [-0.25, -0.2) is 0 Å². The Morgan fingerprint density at radius 1 is 0.571 bits per heavy atom. The van der Waals surface area contributed by atoms with E-state index >= 15 is 0 Å². The van der Waals surface area contributed by atoms with E-state index < -0.39 is 27.5 Å². The summed E-state index contributed by atoms with van der Waals surface area (Å²) < 4.78 is 33.0. The van der Waals surface area contributed by atoms with Gasteiger partial charge in [0.15, 0.2) is 18.9 Å². The molecule has 0 saturated heterocycles. The van der Waals surface area contributed by atoms with Crippen molar-refractivity contribution in [1.82, 2.24) is 0 Å². The van der Waals surface area contributed by atoms with Crippen molar-refractivity contribution < 1.29 is 43.1 Å². The SMILES string of the molecule is CCC(O)OC(C)COP(OCC(C)OC(O)CC)OCC(C)OC(O)CC. The lowest BCUT2D eigenvalue weighted by Gasteiger charge is -2.24. The molecule has 170 valence electrons. The fraction of sp³-hybridized carbons (Fsp3) is 1.00. The van der Waals surface area contributed by atoms with Crippen LogP contribution >= 0.6 is 8.60 Å². The van der Waals surface area contributed by atoms with Crippen LogP contribution in [0.25, 0.3) is 0 Å². The lowest BCUT2D eigenvalue weighted by atomic mass is 10.4. The molecule has 0 aromatic carbocycles. The quantitative estimate of drug-likeness (QED) is 0.223. The van der Waals surface area contributed by atoms with E-state index in [2.05, 4.69) is 0 Å². The van der Waals surface area contributed by atoms with Crippen molar-refractivity contribution in [2.75, 3.05) is 19.8 Å². The molecule has 0 aromatic heterocycles. The van der Waals surface area contributed by atoms with E-state index in [9.17, 15) is 15.3 Å². The lowest BCUT2D eigenvalue weighted by Crippen LogP contribution is -2.25. The third kappa shape index (κ3) is 15.0. The highest BCUT2D eigenvalue weighted by atomic mass is 31.2. The number of rotatable bonds is 18. The van der Waals surface area contributed by atoms with Gasteiger partial charge in [-0.1, -0.05) is 20.8 Å². The zero-order chi connectivity index (χ0) is 21.5. The molecule has 28 heavy (non-hydrogen) atoms. The molecule has 3 N–H and O–H groups in total. The van der Waals surface area contributed by atoms with Crippen LogP contribution in [0.15, 0.2) is 0 Å². The van der Waals surface area contributed by atoms with E-state index in [1.54, 1.807) is 20.8 Å². The minimum absolute atomic E-state index is 0.169. The first-order valence-corrected chi connectivity index (χ1v) is 11.0. The largest absolute Gasteiger partial charge is 0.368 e. The third-order valence-electron chi connectivity index (χ3n) is 3.46. The summed E-state index contributed by atoms with van der Waals surface area (Å²) >= 11 is 0. The molecule has 0 heterocycles. The third-order valence-corrected chi connectivity index (χ3v) is 4.54. The van der Waals surface area contributed by atoms with E-state index in [-0.39, 0.29) is 38.1 Å². The van der Waals surface area contributed by atoms with Crippen LogP contribution in [0.3, 0.4) is 0 Å². The van der Waals surface area contributed by atoms with Gasteiger partial charge in [-0.15, -0.1) is 0 Å². The van der Waals surface area contributed by atoms with Crippen LogP contribution < -0.4 is 0 Å². The minimum atomic E-state index is -1.73. The Morgan fingerprint density at radius 2 is 0.821 bits per heavy atom. The number of aliphatic hydroxyl groups excluding tert-OH is 3. The highest BCUT2D eigenvalue weighted by Crippen LogP contribution is 2.40. The second-order valence-electron chi connectivity index (χ2n) is 6.54. The maximum Gasteiger partial charge on any atom is 0.332 e. The fourth-order valence-electron chi connectivity index (χ4n) is 1.82. The normalized spacial score (nSPS) is 19.6. The summed E-state index contributed by atoms with van der Waals surface area (Å²) in [6.45, 7) is 11.3. The van der Waals surface area contributed by atoms with E-state index in [1.807, 2.05) is 20.8 Å². The predicted octanol–water partition coefficient (Wildman–Crippen LogP) is 2.66. The summed E-state index contributed by atoms with van der Waals surface area (Å²) in [6.07, 6.45) is -2.14. The van der Waals surface area contributed by atoms with Crippen molar-refractivity contribution in [3.8, 4) is 0 Å². The molecular weight excluding hydrogens is 391 g/mol. The van der Waals surface area contributed by atoms with Gasteiger partial charge < -0.3 is 43.1 Å². The molecule has 6 atom stereocenters. The lowest BCUT2D eigenvalue weighted by molar-refractivity contribution is -0.147. The molecule has 0 aliphatic heterocycles. The van der Waals surface area contributed by atoms with Crippen molar-refractivity contribution in [1.29, 1.82) is 0 Å². The zero-order valence-corrected chi connectivity index (χ0v) is 18.8. The van der Waals surface area contributed by atoms with Crippen LogP contribution in [0.4, 0.5) is 0 Å². The van der Waals surface area contributed by atoms with Gasteiger partial charge >= 0.3 is 8.60 Å². The Morgan fingerprint density at radius 3 is 1.04 bits per heavy atom. The summed E-state index contributed by atoms with van der Waals surface area (Å²) in [7, 11) is -1.73. The van der Waals surface area contributed by atoms with Crippen molar-refractivity contribution in [3.05, 3.63) is 0 Å². The van der Waals surface area contributed by atoms with Crippen molar-refractivity contribution in [2.24, 2.45) is 0 Å². The van der Waals surface area contributed by atoms with E-state index in [0.29, 0.717) is 19.3 Å². The average Bonchev–Trinajstić information content (AvgIpc) is 2.66. The van der Waals surface area contributed by atoms with Gasteiger partial charge in [-0.3, -0.25) is 0 Å². The van der Waals surface area contributed by atoms with Gasteiger partial charge in [-0.2, -0.15) is 0 Å². The Kier molecular flexibility index (Phi) is 16.9. The van der Waals surface area contributed by atoms with E-state index in [1.165, 1.54) is 0 Å². The molecule has 10 heteroatoms. The fourth-order valence-corrected chi connectivity index (χ4v) is 3.04. The molecule has 0 bridgehead atoms. The number of aliphatic hydroxyl groups is 3. The van der Waals surface area contributed by atoms with Gasteiger partial charge in [0.1, 0.15) is 0 Å². The van der Waals surface area contributed by atoms with Gasteiger partial charge in [-0.05, 0) is 40.0 Å². The molecule has 0 fully saturated rings. The van der Waals surface area contributed by atoms with Gasteiger partial charge in [0.25, 0.3) is 0 Å². The van der Waals surface area contributed by atoms with Gasteiger partial charge in [0, 0.05) is 0 Å². The minimum Gasteiger partial charge on any atom is -0.368 e. The topological polar surface area (TPSA) is 116 Å². The molecule has 0 saturated carbocycles. The first-order valence-electron chi connectivity index (χ1n) is 9.91. The van der Waals surface area contributed by atoms with Crippen molar-refractivity contribution in [3.63, 3.8) is 0 Å². The average molecular weight is 430 g/mol. The van der Waals surface area contributed by atoms with Crippen LogP contribution in [0.1, 0.15) is 60.8 Å². The van der Waals surface area contributed by atoms with Crippen molar-refractivity contribution in [2.45, 2.75) is 98.0 Å². The molecule has 0 spiro atoms. The van der Waals surface area contributed by atoms with E-state index in [4.69, 9.17) is 27.8 Å². The van der Waals surface area contributed by atoms with Crippen LogP contribution in [0.5, 0.6) is 0 Å².